The second-order valence-electron chi connectivity index (χ2n) is 3.47. The highest BCUT2D eigenvalue weighted by Gasteiger charge is 2.32. The molecule has 0 heterocycles. The number of hydrogen-bond donors (Lipinski definition) is 2. The van der Waals surface area contributed by atoms with Crippen molar-refractivity contribution in [3.63, 3.8) is 0 Å². The number of carboxylic acid groups (broad SMARTS) is 1. The summed E-state index contributed by atoms with van der Waals surface area (Å²) in [5, 5.41) is 11.2. The molecule has 0 aliphatic rings. The maximum absolute atomic E-state index is 11.3. The molecule has 0 aromatic heterocycles. The number of hydrogen-bond acceptors (Lipinski definition) is 3. The van der Waals surface area contributed by atoms with Crippen molar-refractivity contribution >= 4 is 23.6 Å². The topological polar surface area (TPSA) is 66.4 Å². The van der Waals surface area contributed by atoms with Crippen molar-refractivity contribution in [2.24, 2.45) is 0 Å². The Hall–Kier alpha value is -0.710. The fourth-order valence-corrected chi connectivity index (χ4v) is 2.04. The Morgan fingerprint density at radius 3 is 2.36 bits per heavy atom. The Morgan fingerprint density at radius 2 is 2.00 bits per heavy atom. The lowest BCUT2D eigenvalue weighted by Gasteiger charge is -2.22. The largest absolute Gasteiger partial charge is 0.480 e. The second-order valence-corrected chi connectivity index (χ2v) is 5.43. The van der Waals surface area contributed by atoms with Gasteiger partial charge in [0.1, 0.15) is 4.75 Å². The van der Waals surface area contributed by atoms with Crippen molar-refractivity contribution in [3.05, 3.63) is 0 Å². The van der Waals surface area contributed by atoms with E-state index in [4.69, 9.17) is 5.11 Å². The van der Waals surface area contributed by atoms with Crippen molar-refractivity contribution in [2.45, 2.75) is 37.7 Å². The molecular formula is C9H17NO3S. The normalized spacial score (nSPS) is 13.4. The van der Waals surface area contributed by atoms with E-state index in [0.717, 1.165) is 11.8 Å². The van der Waals surface area contributed by atoms with E-state index in [1.807, 2.05) is 6.92 Å². The Labute approximate surface area is 88.4 Å². The van der Waals surface area contributed by atoms with Gasteiger partial charge in [0.2, 0.25) is 5.91 Å². The third-order valence-corrected chi connectivity index (χ3v) is 3.04. The minimum absolute atomic E-state index is 0.119. The fourth-order valence-electron chi connectivity index (χ4n) is 0.864. The standard InChI is InChI=1S/C9H17NO3S/c1-5-10-7(11)6(2)14-9(3,4)8(12)13/h6H,5H2,1-4H3,(H,10,11)(H,12,13). The van der Waals surface area contributed by atoms with Crippen LogP contribution in [0.1, 0.15) is 27.7 Å². The van der Waals surface area contributed by atoms with Crippen LogP contribution in [0.25, 0.3) is 0 Å². The van der Waals surface area contributed by atoms with E-state index in [9.17, 15) is 9.59 Å². The van der Waals surface area contributed by atoms with Crippen LogP contribution >= 0.6 is 11.8 Å². The predicted molar refractivity (Wildman–Crippen MR) is 57.5 cm³/mol. The lowest BCUT2D eigenvalue weighted by atomic mass is 10.2. The zero-order valence-corrected chi connectivity index (χ0v) is 9.77. The minimum atomic E-state index is -0.926. The van der Waals surface area contributed by atoms with Crippen molar-refractivity contribution in [1.29, 1.82) is 0 Å². The van der Waals surface area contributed by atoms with Gasteiger partial charge in [-0.05, 0) is 27.7 Å². The maximum atomic E-state index is 11.3. The lowest BCUT2D eigenvalue weighted by molar-refractivity contribution is -0.138. The summed E-state index contributed by atoms with van der Waals surface area (Å²) in [5.74, 6) is -1.02. The van der Waals surface area contributed by atoms with Crippen LogP contribution < -0.4 is 5.32 Å². The van der Waals surface area contributed by atoms with Gasteiger partial charge in [-0.2, -0.15) is 0 Å². The van der Waals surface area contributed by atoms with Gasteiger partial charge in [0.25, 0.3) is 0 Å². The molecule has 0 saturated carbocycles. The molecule has 5 heteroatoms. The third-order valence-electron chi connectivity index (χ3n) is 1.71. The van der Waals surface area contributed by atoms with Crippen LogP contribution in [0.4, 0.5) is 0 Å². The van der Waals surface area contributed by atoms with Crippen LogP contribution in [-0.4, -0.2) is 33.5 Å². The number of thioether (sulfide) groups is 1. The Bertz CT molecular complexity index is 228. The molecule has 0 saturated heterocycles. The highest BCUT2D eigenvalue weighted by molar-refractivity contribution is 8.02. The maximum Gasteiger partial charge on any atom is 0.319 e. The molecule has 0 rings (SSSR count). The van der Waals surface area contributed by atoms with Gasteiger partial charge >= 0.3 is 5.97 Å². The van der Waals surface area contributed by atoms with Gasteiger partial charge in [-0.25, -0.2) is 0 Å². The van der Waals surface area contributed by atoms with Crippen LogP contribution in [0, 0.1) is 0 Å². The van der Waals surface area contributed by atoms with E-state index in [2.05, 4.69) is 5.32 Å². The first kappa shape index (κ1) is 13.3. The summed E-state index contributed by atoms with van der Waals surface area (Å²) < 4.78 is -0.926. The zero-order chi connectivity index (χ0) is 11.4. The van der Waals surface area contributed by atoms with Gasteiger partial charge in [-0.1, -0.05) is 0 Å². The first-order valence-corrected chi connectivity index (χ1v) is 5.38. The summed E-state index contributed by atoms with van der Waals surface area (Å²) in [6, 6.07) is 0. The Balaban J connectivity index is 4.24. The molecule has 0 spiro atoms. The highest BCUT2D eigenvalue weighted by Crippen LogP contribution is 2.28. The summed E-state index contributed by atoms with van der Waals surface area (Å²) in [6.45, 7) is 7.29. The molecule has 1 atom stereocenters. The Kier molecular flexibility index (Phi) is 4.97. The molecular weight excluding hydrogens is 202 g/mol. The summed E-state index contributed by atoms with van der Waals surface area (Å²) in [4.78, 5) is 22.1. The summed E-state index contributed by atoms with van der Waals surface area (Å²) in [5.41, 5.74) is 0. The molecule has 0 bridgehead atoms. The summed E-state index contributed by atoms with van der Waals surface area (Å²) >= 11 is 1.15. The third kappa shape index (κ3) is 4.00. The second kappa shape index (κ2) is 5.24. The lowest BCUT2D eigenvalue weighted by Crippen LogP contribution is -2.36. The van der Waals surface area contributed by atoms with Crippen LogP contribution in [0.3, 0.4) is 0 Å². The number of aliphatic carboxylic acids is 1. The minimum Gasteiger partial charge on any atom is -0.480 e. The molecule has 0 radical (unpaired) electrons. The molecule has 1 unspecified atom stereocenters. The smallest absolute Gasteiger partial charge is 0.319 e. The van der Waals surface area contributed by atoms with E-state index >= 15 is 0 Å². The van der Waals surface area contributed by atoms with Gasteiger partial charge < -0.3 is 10.4 Å². The average Bonchev–Trinajstić information content (AvgIpc) is 2.03. The molecule has 0 aliphatic carbocycles. The number of nitrogens with one attached hydrogen (secondary N) is 1. The molecule has 1 amide bonds. The molecule has 0 fully saturated rings. The van der Waals surface area contributed by atoms with Gasteiger partial charge in [0, 0.05) is 6.54 Å². The number of carboxylic acids is 1. The average molecular weight is 219 g/mol. The van der Waals surface area contributed by atoms with Crippen molar-refractivity contribution < 1.29 is 14.7 Å². The van der Waals surface area contributed by atoms with Crippen LogP contribution in [-0.2, 0) is 9.59 Å². The van der Waals surface area contributed by atoms with E-state index in [-0.39, 0.29) is 11.2 Å². The monoisotopic (exact) mass is 219 g/mol. The van der Waals surface area contributed by atoms with Crippen molar-refractivity contribution in [1.82, 2.24) is 5.32 Å². The van der Waals surface area contributed by atoms with Gasteiger partial charge in [0.15, 0.2) is 0 Å². The first-order valence-electron chi connectivity index (χ1n) is 4.50. The van der Waals surface area contributed by atoms with Crippen molar-refractivity contribution in [3.8, 4) is 0 Å². The molecule has 14 heavy (non-hydrogen) atoms. The first-order chi connectivity index (χ1) is 6.31. The van der Waals surface area contributed by atoms with Gasteiger partial charge in [0.05, 0.1) is 5.25 Å². The predicted octanol–water partition coefficient (Wildman–Crippen LogP) is 1.11. The van der Waals surface area contributed by atoms with Crippen molar-refractivity contribution in [2.75, 3.05) is 6.54 Å². The fraction of sp³-hybridized carbons (Fsp3) is 0.778. The van der Waals surface area contributed by atoms with Gasteiger partial charge in [-0.15, -0.1) is 11.8 Å². The molecule has 0 aromatic carbocycles. The van der Waals surface area contributed by atoms with E-state index in [1.165, 1.54) is 0 Å². The van der Waals surface area contributed by atoms with E-state index in [0.29, 0.717) is 6.54 Å². The quantitative estimate of drug-likeness (QED) is 0.727. The zero-order valence-electron chi connectivity index (χ0n) is 8.96. The molecule has 2 N–H and O–H groups in total. The van der Waals surface area contributed by atoms with E-state index < -0.39 is 10.7 Å². The molecule has 82 valence electrons. The molecule has 0 aromatic rings. The SMILES string of the molecule is CCNC(=O)C(C)SC(C)(C)C(=O)O. The van der Waals surface area contributed by atoms with E-state index in [1.54, 1.807) is 20.8 Å². The highest BCUT2D eigenvalue weighted by atomic mass is 32.2. The number of carbonyl (C=O) groups excluding carboxylic acids is 1. The number of carbonyl (C=O) groups is 2. The van der Waals surface area contributed by atoms with Gasteiger partial charge in [-0.3, -0.25) is 9.59 Å². The molecule has 4 nitrogen and oxygen atoms in total. The number of amides is 1. The summed E-state index contributed by atoms with van der Waals surface area (Å²) in [6.07, 6.45) is 0. The van der Waals surface area contributed by atoms with Crippen LogP contribution in [0.5, 0.6) is 0 Å². The summed E-state index contributed by atoms with van der Waals surface area (Å²) in [7, 11) is 0. The van der Waals surface area contributed by atoms with Crippen LogP contribution in [0.15, 0.2) is 0 Å². The molecule has 0 aliphatic heterocycles. The van der Waals surface area contributed by atoms with Crippen LogP contribution in [0.2, 0.25) is 0 Å². The Morgan fingerprint density at radius 1 is 1.50 bits per heavy atom. The number of rotatable bonds is 5.